The van der Waals surface area contributed by atoms with Gasteiger partial charge >= 0.3 is 0 Å². The summed E-state index contributed by atoms with van der Waals surface area (Å²) in [7, 11) is 0. The van der Waals surface area contributed by atoms with Crippen molar-refractivity contribution >= 4 is 67.6 Å². The van der Waals surface area contributed by atoms with Crippen LogP contribution >= 0.6 is 45.8 Å². The lowest BCUT2D eigenvalue weighted by Gasteiger charge is -2.09. The number of aromatic nitrogens is 4. The highest BCUT2D eigenvalue weighted by Crippen LogP contribution is 2.24. The van der Waals surface area contributed by atoms with Crippen LogP contribution in [0.15, 0.2) is 49.1 Å². The predicted octanol–water partition coefficient (Wildman–Crippen LogP) is 7.32. The normalized spacial score (nSPS) is 10.7. The molecule has 4 rings (SSSR count). The van der Waals surface area contributed by atoms with Crippen molar-refractivity contribution in [3.8, 4) is 0 Å². The molecule has 4 aromatic heterocycles. The second-order valence-corrected chi connectivity index (χ2v) is 9.62. The van der Waals surface area contributed by atoms with Crippen molar-refractivity contribution in [1.82, 2.24) is 19.5 Å². The SMILES string of the molecule is CC(C)I.CC(C)n1ccc2ccnc(Cl)c21.Clc1nccc2cc[nH]c12. The predicted molar refractivity (Wildman–Crippen MR) is 125 cm³/mol. The molecule has 0 atom stereocenters. The maximum atomic E-state index is 6.02. The molecule has 0 radical (unpaired) electrons. The van der Waals surface area contributed by atoms with Crippen LogP contribution in [0.4, 0.5) is 0 Å². The summed E-state index contributed by atoms with van der Waals surface area (Å²) < 4.78 is 2.93. The van der Waals surface area contributed by atoms with Crippen molar-refractivity contribution in [3.05, 3.63) is 59.4 Å². The van der Waals surface area contributed by atoms with Gasteiger partial charge < -0.3 is 9.55 Å². The van der Waals surface area contributed by atoms with Gasteiger partial charge in [-0.2, -0.15) is 0 Å². The van der Waals surface area contributed by atoms with Crippen molar-refractivity contribution < 1.29 is 0 Å². The minimum absolute atomic E-state index is 0.416. The number of hydrogen-bond acceptors (Lipinski definition) is 2. The maximum absolute atomic E-state index is 6.02. The van der Waals surface area contributed by atoms with Crippen molar-refractivity contribution in [2.75, 3.05) is 0 Å². The lowest BCUT2D eigenvalue weighted by molar-refractivity contribution is 0.622. The van der Waals surface area contributed by atoms with Crippen molar-refractivity contribution in [1.29, 1.82) is 0 Å². The van der Waals surface area contributed by atoms with Gasteiger partial charge in [-0.15, -0.1) is 0 Å². The summed E-state index contributed by atoms with van der Waals surface area (Å²) >= 11 is 14.1. The average molecular weight is 517 g/mol. The van der Waals surface area contributed by atoms with Crippen molar-refractivity contribution in [3.63, 3.8) is 0 Å². The molecule has 0 amide bonds. The Balaban J connectivity index is 0.000000166. The van der Waals surface area contributed by atoms with Gasteiger partial charge in [-0.3, -0.25) is 0 Å². The first-order chi connectivity index (χ1) is 12.8. The summed E-state index contributed by atoms with van der Waals surface area (Å²) in [5.74, 6) is 0. The van der Waals surface area contributed by atoms with E-state index in [1.807, 2.05) is 30.6 Å². The number of fused-ring (bicyclic) bond motifs is 2. The molecule has 1 N–H and O–H groups in total. The van der Waals surface area contributed by atoms with Crippen LogP contribution in [0.25, 0.3) is 21.8 Å². The number of alkyl halides is 1. The van der Waals surface area contributed by atoms with E-state index >= 15 is 0 Å². The molecule has 0 unspecified atom stereocenters. The molecule has 0 aliphatic carbocycles. The van der Waals surface area contributed by atoms with Crippen molar-refractivity contribution in [2.24, 2.45) is 0 Å². The van der Waals surface area contributed by atoms with Gasteiger partial charge in [0, 0.05) is 45.5 Å². The fourth-order valence-electron chi connectivity index (χ4n) is 2.44. The second-order valence-electron chi connectivity index (χ2n) is 6.41. The van der Waals surface area contributed by atoms with Gasteiger partial charge in [-0.1, -0.05) is 59.6 Å². The Morgan fingerprint density at radius 3 is 2.11 bits per heavy atom. The van der Waals surface area contributed by atoms with E-state index in [4.69, 9.17) is 23.2 Å². The largest absolute Gasteiger partial charge is 0.359 e. The lowest BCUT2D eigenvalue weighted by atomic mass is 10.3. The average Bonchev–Trinajstić information content (AvgIpc) is 3.22. The molecule has 4 aromatic rings. The zero-order valence-electron chi connectivity index (χ0n) is 15.7. The molecule has 0 spiro atoms. The molecule has 0 bridgehead atoms. The molecule has 0 saturated carbocycles. The Morgan fingerprint density at radius 2 is 1.52 bits per heavy atom. The number of H-pyrrole nitrogens is 1. The minimum Gasteiger partial charge on any atom is -0.359 e. The van der Waals surface area contributed by atoms with Crippen molar-refractivity contribution in [2.45, 2.75) is 37.7 Å². The van der Waals surface area contributed by atoms with Crippen LogP contribution in [0.5, 0.6) is 0 Å². The molecule has 0 aliphatic rings. The number of hydrogen-bond donors (Lipinski definition) is 1. The molecule has 27 heavy (non-hydrogen) atoms. The maximum Gasteiger partial charge on any atom is 0.153 e. The Bertz CT molecular complexity index is 989. The monoisotopic (exact) mass is 516 g/mol. The smallest absolute Gasteiger partial charge is 0.153 e. The fourth-order valence-corrected chi connectivity index (χ4v) is 2.93. The molecule has 4 heterocycles. The summed E-state index contributed by atoms with van der Waals surface area (Å²) in [4.78, 5) is 11.0. The van der Waals surface area contributed by atoms with Crippen LogP contribution in [-0.4, -0.2) is 23.4 Å². The zero-order chi connectivity index (χ0) is 20.0. The highest BCUT2D eigenvalue weighted by atomic mass is 127. The molecular weight excluding hydrogens is 494 g/mol. The van der Waals surface area contributed by atoms with Gasteiger partial charge in [0.15, 0.2) is 10.3 Å². The van der Waals surface area contributed by atoms with Gasteiger partial charge in [0.1, 0.15) is 0 Å². The Kier molecular flexibility index (Phi) is 8.38. The van der Waals surface area contributed by atoms with E-state index < -0.39 is 0 Å². The summed E-state index contributed by atoms with van der Waals surface area (Å²) in [6.45, 7) is 8.56. The highest BCUT2D eigenvalue weighted by molar-refractivity contribution is 14.1. The second kappa shape index (κ2) is 10.3. The van der Waals surface area contributed by atoms with Crippen LogP contribution < -0.4 is 0 Å². The van der Waals surface area contributed by atoms with E-state index in [-0.39, 0.29) is 0 Å². The zero-order valence-corrected chi connectivity index (χ0v) is 19.4. The third-order valence-corrected chi connectivity index (χ3v) is 4.13. The fraction of sp³-hybridized carbons (Fsp3) is 0.300. The number of aromatic amines is 1. The number of halogens is 3. The van der Waals surface area contributed by atoms with Gasteiger partial charge in [0.05, 0.1) is 11.0 Å². The number of rotatable bonds is 1. The van der Waals surface area contributed by atoms with Crippen LogP contribution in [0.3, 0.4) is 0 Å². The summed E-state index contributed by atoms with van der Waals surface area (Å²) in [5.41, 5.74) is 1.93. The van der Waals surface area contributed by atoms with Crippen LogP contribution in [0.2, 0.25) is 10.3 Å². The molecular formula is C20H23Cl2IN4. The topological polar surface area (TPSA) is 46.5 Å². The van der Waals surface area contributed by atoms with Gasteiger partial charge in [-0.05, 0) is 38.1 Å². The van der Waals surface area contributed by atoms with E-state index in [2.05, 4.69) is 75.9 Å². The van der Waals surface area contributed by atoms with Crippen LogP contribution in [0, 0.1) is 0 Å². The lowest BCUT2D eigenvalue weighted by Crippen LogP contribution is -1.98. The van der Waals surface area contributed by atoms with E-state index in [0.29, 0.717) is 16.3 Å². The van der Waals surface area contributed by atoms with E-state index in [9.17, 15) is 0 Å². The van der Waals surface area contributed by atoms with Crippen LogP contribution in [0.1, 0.15) is 33.7 Å². The molecule has 0 fully saturated rings. The van der Waals surface area contributed by atoms with Crippen LogP contribution in [-0.2, 0) is 0 Å². The molecule has 0 saturated heterocycles. The van der Waals surface area contributed by atoms with Gasteiger partial charge in [-0.25, -0.2) is 9.97 Å². The summed E-state index contributed by atoms with van der Waals surface area (Å²) in [6, 6.07) is 8.32. The highest BCUT2D eigenvalue weighted by Gasteiger charge is 2.07. The summed E-state index contributed by atoms with van der Waals surface area (Å²) in [5, 5.41) is 3.35. The third kappa shape index (κ3) is 6.09. The van der Waals surface area contributed by atoms with E-state index in [1.165, 1.54) is 0 Å². The molecule has 4 nitrogen and oxygen atoms in total. The molecule has 7 heteroatoms. The molecule has 0 aromatic carbocycles. The first kappa shape index (κ1) is 22.0. The first-order valence-electron chi connectivity index (χ1n) is 8.64. The van der Waals surface area contributed by atoms with E-state index in [0.717, 1.165) is 25.7 Å². The third-order valence-electron chi connectivity index (χ3n) is 3.57. The molecule has 144 valence electrons. The number of nitrogens with zero attached hydrogens (tertiary/aromatic N) is 3. The Labute approximate surface area is 183 Å². The van der Waals surface area contributed by atoms with Gasteiger partial charge in [0.2, 0.25) is 0 Å². The quantitative estimate of drug-likeness (QED) is 0.164. The first-order valence-corrected chi connectivity index (χ1v) is 10.6. The Hall–Kier alpha value is -1.31. The summed E-state index contributed by atoms with van der Waals surface area (Å²) in [6.07, 6.45) is 7.31. The standard InChI is InChI=1S/C10H11ClN2.C7H5ClN2.C3H7I/c1-7(2)13-6-4-8-3-5-12-10(11)9(8)13;8-7-6-5(1-3-9-6)2-4-10-7;1-3(2)4/h3-7H,1-2H3;1-4,9H;3H,1-2H3. The van der Waals surface area contributed by atoms with Gasteiger partial charge in [0.25, 0.3) is 0 Å². The van der Waals surface area contributed by atoms with E-state index in [1.54, 1.807) is 12.4 Å². The Morgan fingerprint density at radius 1 is 0.926 bits per heavy atom. The minimum atomic E-state index is 0.416. The number of nitrogens with one attached hydrogen (secondary N) is 1. The number of pyridine rings is 2. The molecule has 0 aliphatic heterocycles.